The van der Waals surface area contributed by atoms with Crippen molar-refractivity contribution in [1.82, 2.24) is 0 Å². The third-order valence-corrected chi connectivity index (χ3v) is 13.7. The van der Waals surface area contributed by atoms with Gasteiger partial charge in [0.25, 0.3) is 0 Å². The molecule has 0 unspecified atom stereocenters. The zero-order valence-corrected chi connectivity index (χ0v) is 23.1. The van der Waals surface area contributed by atoms with Crippen LogP contribution >= 0.6 is 0 Å². The quantitative estimate of drug-likeness (QED) is 0.248. The van der Waals surface area contributed by atoms with Crippen LogP contribution in [0.15, 0.2) is 60.7 Å². The van der Waals surface area contributed by atoms with E-state index in [1.54, 1.807) is 0 Å². The largest absolute Gasteiger partial charge is 0.413 e. The molecular formula is C29H42O5Si. The summed E-state index contributed by atoms with van der Waals surface area (Å²) in [5.41, 5.74) is 3.78. The first kappa shape index (κ1) is 26.5. The summed E-state index contributed by atoms with van der Waals surface area (Å²) in [7, 11) is -2.05. The summed E-state index contributed by atoms with van der Waals surface area (Å²) in [5, 5.41) is 0. The maximum Gasteiger partial charge on any atom is 0.200 e. The van der Waals surface area contributed by atoms with Gasteiger partial charge in [-0.15, -0.1) is 0 Å². The molecule has 2 aromatic carbocycles. The number of ether oxygens (including phenoxy) is 4. The molecular weight excluding hydrogens is 456 g/mol. The number of hydrogen-bond acceptors (Lipinski definition) is 5. The van der Waals surface area contributed by atoms with Crippen molar-refractivity contribution in [2.45, 2.75) is 102 Å². The zero-order valence-electron chi connectivity index (χ0n) is 22.1. The molecule has 0 aromatic heterocycles. The molecule has 0 saturated carbocycles. The molecule has 2 fully saturated rings. The van der Waals surface area contributed by atoms with Crippen LogP contribution in [-0.4, -0.2) is 45.6 Å². The molecule has 2 aliphatic heterocycles. The van der Waals surface area contributed by atoms with Crippen molar-refractivity contribution in [3.8, 4) is 0 Å². The van der Waals surface area contributed by atoms with E-state index in [1.807, 2.05) is 36.4 Å². The van der Waals surface area contributed by atoms with Gasteiger partial charge in [-0.25, -0.2) is 0 Å². The van der Waals surface area contributed by atoms with E-state index in [0.29, 0.717) is 36.4 Å². The molecule has 2 aliphatic rings. The van der Waals surface area contributed by atoms with Crippen LogP contribution in [0.2, 0.25) is 16.6 Å². The van der Waals surface area contributed by atoms with Gasteiger partial charge in [-0.3, -0.25) is 0 Å². The molecule has 0 radical (unpaired) electrons. The molecule has 35 heavy (non-hydrogen) atoms. The summed E-state index contributed by atoms with van der Waals surface area (Å²) >= 11 is 0. The van der Waals surface area contributed by atoms with Gasteiger partial charge in [0.1, 0.15) is 24.4 Å². The first-order chi connectivity index (χ1) is 16.8. The Hall–Kier alpha value is -1.54. The summed E-state index contributed by atoms with van der Waals surface area (Å²) in [6.07, 6.45) is -1.07. The minimum Gasteiger partial charge on any atom is -0.413 e. The van der Waals surface area contributed by atoms with Crippen molar-refractivity contribution in [1.29, 1.82) is 0 Å². The minimum atomic E-state index is -2.05. The van der Waals surface area contributed by atoms with Crippen LogP contribution in [0.4, 0.5) is 0 Å². The Morgan fingerprint density at radius 3 is 1.66 bits per heavy atom. The van der Waals surface area contributed by atoms with Crippen LogP contribution in [0.25, 0.3) is 0 Å². The molecule has 2 heterocycles. The van der Waals surface area contributed by atoms with E-state index >= 15 is 0 Å². The second-order valence-corrected chi connectivity index (χ2v) is 16.3. The number of hydrogen-bond donors (Lipinski definition) is 0. The lowest BCUT2D eigenvalue weighted by atomic mass is 10.0. The Morgan fingerprint density at radius 2 is 1.17 bits per heavy atom. The van der Waals surface area contributed by atoms with Gasteiger partial charge in [0.15, 0.2) is 14.6 Å². The lowest BCUT2D eigenvalue weighted by Crippen LogP contribution is -2.55. The maximum atomic E-state index is 6.94. The van der Waals surface area contributed by atoms with Crippen molar-refractivity contribution in [2.24, 2.45) is 0 Å². The Balaban J connectivity index is 1.52. The summed E-state index contributed by atoms with van der Waals surface area (Å²) in [6, 6.07) is 20.5. The first-order valence-electron chi connectivity index (χ1n) is 13.1. The molecule has 0 bridgehead atoms. The van der Waals surface area contributed by atoms with Crippen LogP contribution in [-0.2, 0) is 36.6 Å². The van der Waals surface area contributed by atoms with Gasteiger partial charge < -0.3 is 23.4 Å². The zero-order chi connectivity index (χ0) is 25.0. The van der Waals surface area contributed by atoms with Crippen molar-refractivity contribution in [2.75, 3.05) is 6.61 Å². The van der Waals surface area contributed by atoms with Crippen molar-refractivity contribution in [3.63, 3.8) is 0 Å². The van der Waals surface area contributed by atoms with E-state index in [1.165, 1.54) is 0 Å². The van der Waals surface area contributed by atoms with E-state index in [2.05, 4.69) is 65.8 Å². The highest BCUT2D eigenvalue weighted by atomic mass is 28.4. The minimum absolute atomic E-state index is 0.0990. The third-order valence-electron chi connectivity index (χ3n) is 7.58. The second kappa shape index (κ2) is 11.7. The third kappa shape index (κ3) is 6.07. The highest BCUT2D eigenvalue weighted by molar-refractivity contribution is 6.77. The number of fused-ring (bicyclic) bond motifs is 1. The average Bonchev–Trinajstić information content (AvgIpc) is 3.62. The molecule has 4 rings (SSSR count). The fraction of sp³-hybridized carbons (Fsp3) is 0.586. The van der Waals surface area contributed by atoms with Gasteiger partial charge in [-0.2, -0.15) is 0 Å². The molecule has 192 valence electrons. The van der Waals surface area contributed by atoms with E-state index < -0.39 is 8.32 Å². The molecule has 2 saturated heterocycles. The Kier molecular flexibility index (Phi) is 8.84. The fourth-order valence-electron chi connectivity index (χ4n) is 5.89. The number of epoxide rings is 1. The first-order valence-corrected chi connectivity index (χ1v) is 15.2. The van der Waals surface area contributed by atoms with Gasteiger partial charge in [0, 0.05) is 0 Å². The summed E-state index contributed by atoms with van der Waals surface area (Å²) < 4.78 is 32.2. The lowest BCUT2D eigenvalue weighted by Gasteiger charge is -2.44. The standard InChI is InChI=1S/C29H42O5Si/c1-20(2)35(21(3)4,22(5)6)32-19-25-26(30-17-23-13-9-7-10-14-23)27(28-29(33-25)34-28)31-18-24-15-11-8-12-16-24/h7-16,20-22,25-29H,17-19H2,1-6H3/t25-,26-,27+,28-,29+/m1/s1. The Morgan fingerprint density at radius 1 is 0.686 bits per heavy atom. The monoisotopic (exact) mass is 498 g/mol. The predicted molar refractivity (Wildman–Crippen MR) is 141 cm³/mol. The van der Waals surface area contributed by atoms with Crippen LogP contribution in [0.3, 0.4) is 0 Å². The van der Waals surface area contributed by atoms with Crippen molar-refractivity contribution < 1.29 is 23.4 Å². The van der Waals surface area contributed by atoms with E-state index in [9.17, 15) is 0 Å². The smallest absolute Gasteiger partial charge is 0.200 e. The average molecular weight is 499 g/mol. The SMILES string of the molecule is CC(C)[Si](OC[C@H]1O[C@H]2O[C@@H]2[C@@H](OCc2ccccc2)[C@@H]1OCc1ccccc1)(C(C)C)C(C)C. The van der Waals surface area contributed by atoms with Gasteiger partial charge >= 0.3 is 0 Å². The second-order valence-electron chi connectivity index (χ2n) is 10.8. The summed E-state index contributed by atoms with van der Waals surface area (Å²) in [6.45, 7) is 15.4. The normalized spacial score (nSPS) is 26.4. The highest BCUT2D eigenvalue weighted by Crippen LogP contribution is 2.44. The van der Waals surface area contributed by atoms with E-state index in [0.717, 1.165) is 11.1 Å². The molecule has 5 nitrogen and oxygen atoms in total. The van der Waals surface area contributed by atoms with E-state index in [4.69, 9.17) is 23.4 Å². The molecule has 0 amide bonds. The number of benzene rings is 2. The summed E-state index contributed by atoms with van der Waals surface area (Å²) in [5.74, 6) is 0. The molecule has 6 heteroatoms. The predicted octanol–water partition coefficient (Wildman–Crippen LogP) is 6.47. The van der Waals surface area contributed by atoms with E-state index in [-0.39, 0.29) is 30.7 Å². The molecule has 0 aliphatic carbocycles. The van der Waals surface area contributed by atoms with Gasteiger partial charge in [0.05, 0.1) is 19.8 Å². The van der Waals surface area contributed by atoms with Crippen molar-refractivity contribution in [3.05, 3.63) is 71.8 Å². The lowest BCUT2D eigenvalue weighted by molar-refractivity contribution is -0.185. The van der Waals surface area contributed by atoms with Crippen LogP contribution in [0, 0.1) is 0 Å². The Bertz CT molecular complexity index is 882. The van der Waals surface area contributed by atoms with Gasteiger partial charge in [-0.05, 0) is 27.8 Å². The molecule has 5 atom stereocenters. The Labute approximate surface area is 212 Å². The topological polar surface area (TPSA) is 49.5 Å². The molecule has 0 spiro atoms. The van der Waals surface area contributed by atoms with Crippen LogP contribution in [0.1, 0.15) is 52.7 Å². The number of rotatable bonds is 12. The van der Waals surface area contributed by atoms with Crippen molar-refractivity contribution >= 4 is 8.32 Å². The fourth-order valence-corrected chi connectivity index (χ4v) is 11.3. The highest BCUT2D eigenvalue weighted by Gasteiger charge is 2.58. The maximum absolute atomic E-state index is 6.94. The van der Waals surface area contributed by atoms with Crippen LogP contribution < -0.4 is 0 Å². The van der Waals surface area contributed by atoms with Gasteiger partial charge in [-0.1, -0.05) is 102 Å². The van der Waals surface area contributed by atoms with Crippen LogP contribution in [0.5, 0.6) is 0 Å². The molecule has 2 aromatic rings. The molecule has 0 N–H and O–H groups in total. The summed E-state index contributed by atoms with van der Waals surface area (Å²) in [4.78, 5) is 0. The van der Waals surface area contributed by atoms with Gasteiger partial charge in [0.2, 0.25) is 0 Å².